The van der Waals surface area contributed by atoms with Crippen LogP contribution in [0.3, 0.4) is 0 Å². The van der Waals surface area contributed by atoms with Crippen LogP contribution in [-0.2, 0) is 16.1 Å². The maximum absolute atomic E-state index is 11.1. The zero-order chi connectivity index (χ0) is 13.4. The molecule has 0 unspecified atom stereocenters. The molecular weight excluding hydrogens is 248 g/mol. The fraction of sp³-hybridized carbons (Fsp3) is 0.385. The van der Waals surface area contributed by atoms with Gasteiger partial charge in [0.2, 0.25) is 0 Å². The van der Waals surface area contributed by atoms with Gasteiger partial charge in [0.1, 0.15) is 6.61 Å². The van der Waals surface area contributed by atoms with Crippen molar-refractivity contribution >= 4 is 12.2 Å². The Bertz CT molecular complexity index is 440. The Kier molecular flexibility index (Phi) is 7.76. The molecule has 1 aromatic rings. The molecule has 0 aliphatic heterocycles. The van der Waals surface area contributed by atoms with Gasteiger partial charge in [0.15, 0.2) is 0 Å². The number of amides is 2. The third kappa shape index (κ3) is 6.92. The summed E-state index contributed by atoms with van der Waals surface area (Å²) in [6, 6.07) is 7.49. The van der Waals surface area contributed by atoms with Crippen LogP contribution < -0.4 is 0 Å². The number of rotatable bonds is 3. The molecule has 6 nitrogen and oxygen atoms in total. The highest BCUT2D eigenvalue weighted by molar-refractivity contribution is 5.73. The molecule has 0 N–H and O–H groups in total. The second-order valence-electron chi connectivity index (χ2n) is 3.44. The first kappa shape index (κ1) is 16.8. The van der Waals surface area contributed by atoms with Crippen LogP contribution >= 0.6 is 0 Å². The quantitative estimate of drug-likeness (QED) is 0.778. The van der Waals surface area contributed by atoms with E-state index in [4.69, 9.17) is 4.74 Å². The molecule has 0 heterocycles. The van der Waals surface area contributed by atoms with Crippen molar-refractivity contribution in [3.05, 3.63) is 35.4 Å². The van der Waals surface area contributed by atoms with Crippen molar-refractivity contribution in [1.29, 1.82) is 0 Å². The monoisotopic (exact) mass is 266 g/mol. The first-order chi connectivity index (χ1) is 8.61. The van der Waals surface area contributed by atoms with E-state index in [1.54, 1.807) is 6.92 Å². The lowest BCUT2D eigenvalue weighted by Crippen LogP contribution is -2.01. The molecule has 0 saturated heterocycles. The van der Waals surface area contributed by atoms with E-state index in [0.717, 1.165) is 11.1 Å². The highest BCUT2D eigenvalue weighted by atomic mass is 16.6. The minimum Gasteiger partial charge on any atom is -0.447 e. The van der Waals surface area contributed by atoms with E-state index in [1.807, 2.05) is 31.2 Å². The molecule has 0 spiro atoms. The van der Waals surface area contributed by atoms with Crippen molar-refractivity contribution in [2.24, 2.45) is 10.2 Å². The average Bonchev–Trinajstić information content (AvgIpc) is 2.36. The standard InChI is InChI=1S/C12H14N2O4.CH4/c1-3-17-11(15)13-14-12(16)18-8-10-6-4-9(2)5-7-10;/h4-7H,3,8H2,1-2H3;1H4. The number of carbonyl (C=O) groups is 2. The number of hydrogen-bond donors (Lipinski definition) is 0. The summed E-state index contributed by atoms with van der Waals surface area (Å²) in [4.78, 5) is 21.9. The highest BCUT2D eigenvalue weighted by Gasteiger charge is 2.03. The largest absolute Gasteiger partial charge is 0.452 e. The van der Waals surface area contributed by atoms with E-state index in [-0.39, 0.29) is 20.6 Å². The molecule has 104 valence electrons. The Balaban J connectivity index is 0.00000324. The summed E-state index contributed by atoms with van der Waals surface area (Å²) in [5, 5.41) is 6.09. The van der Waals surface area contributed by atoms with E-state index in [2.05, 4.69) is 15.0 Å². The summed E-state index contributed by atoms with van der Waals surface area (Å²) in [7, 11) is 0. The van der Waals surface area contributed by atoms with Crippen LogP contribution in [0.4, 0.5) is 9.59 Å². The lowest BCUT2D eigenvalue weighted by Gasteiger charge is -2.01. The van der Waals surface area contributed by atoms with Crippen LogP contribution in [-0.4, -0.2) is 18.8 Å². The number of benzene rings is 1. The van der Waals surface area contributed by atoms with Gasteiger partial charge in [-0.3, -0.25) is 0 Å². The molecule has 0 aromatic heterocycles. The highest BCUT2D eigenvalue weighted by Crippen LogP contribution is 2.05. The molecule has 0 radical (unpaired) electrons. The molecule has 19 heavy (non-hydrogen) atoms. The summed E-state index contributed by atoms with van der Waals surface area (Å²) in [5.74, 6) is 0. The number of azo groups is 1. The van der Waals surface area contributed by atoms with Crippen LogP contribution in [0.2, 0.25) is 0 Å². The molecule has 6 heteroatoms. The van der Waals surface area contributed by atoms with Crippen molar-refractivity contribution in [2.75, 3.05) is 6.61 Å². The molecule has 2 amide bonds. The van der Waals surface area contributed by atoms with Crippen molar-refractivity contribution in [1.82, 2.24) is 0 Å². The van der Waals surface area contributed by atoms with Crippen molar-refractivity contribution in [2.45, 2.75) is 27.9 Å². The van der Waals surface area contributed by atoms with Gasteiger partial charge >= 0.3 is 12.2 Å². The summed E-state index contributed by atoms with van der Waals surface area (Å²) in [5.41, 5.74) is 1.95. The Labute approximate surface area is 112 Å². The zero-order valence-electron chi connectivity index (χ0n) is 10.3. The zero-order valence-corrected chi connectivity index (χ0v) is 10.3. The van der Waals surface area contributed by atoms with Crippen LogP contribution in [0.1, 0.15) is 25.5 Å². The normalized spacial score (nSPS) is 9.79. The van der Waals surface area contributed by atoms with E-state index >= 15 is 0 Å². The average molecular weight is 266 g/mol. The minimum absolute atomic E-state index is 0. The predicted octanol–water partition coefficient (Wildman–Crippen LogP) is 3.88. The first-order valence-corrected chi connectivity index (χ1v) is 5.42. The van der Waals surface area contributed by atoms with Gasteiger partial charge in [-0.25, -0.2) is 9.59 Å². The van der Waals surface area contributed by atoms with E-state index < -0.39 is 12.2 Å². The summed E-state index contributed by atoms with van der Waals surface area (Å²) < 4.78 is 9.25. The molecule has 0 saturated carbocycles. The smallest absolute Gasteiger partial charge is 0.447 e. The van der Waals surface area contributed by atoms with Gasteiger partial charge in [0, 0.05) is 0 Å². The summed E-state index contributed by atoms with van der Waals surface area (Å²) in [6.07, 6.45) is -1.84. The van der Waals surface area contributed by atoms with Crippen LogP contribution in [0, 0.1) is 6.92 Å². The van der Waals surface area contributed by atoms with Gasteiger partial charge in [-0.2, -0.15) is 0 Å². The number of ether oxygens (including phenoxy) is 2. The second-order valence-corrected chi connectivity index (χ2v) is 3.44. The van der Waals surface area contributed by atoms with Crippen molar-refractivity contribution in [3.63, 3.8) is 0 Å². The number of carbonyl (C=O) groups excluding carboxylic acids is 2. The molecule has 1 aromatic carbocycles. The fourth-order valence-electron chi connectivity index (χ4n) is 1.09. The Morgan fingerprint density at radius 1 is 1.05 bits per heavy atom. The predicted molar refractivity (Wildman–Crippen MR) is 70.0 cm³/mol. The van der Waals surface area contributed by atoms with Crippen LogP contribution in [0.25, 0.3) is 0 Å². The van der Waals surface area contributed by atoms with Gasteiger partial charge in [0.05, 0.1) is 6.61 Å². The van der Waals surface area contributed by atoms with E-state index in [9.17, 15) is 9.59 Å². The molecule has 0 aliphatic rings. The maximum Gasteiger partial charge on any atom is 0.452 e. The first-order valence-electron chi connectivity index (χ1n) is 5.42. The number of hydrogen-bond acceptors (Lipinski definition) is 4. The van der Waals surface area contributed by atoms with Crippen molar-refractivity contribution < 1.29 is 19.1 Å². The Morgan fingerprint density at radius 3 is 2.11 bits per heavy atom. The number of aryl methyl sites for hydroxylation is 1. The molecule has 0 fully saturated rings. The van der Waals surface area contributed by atoms with Gasteiger partial charge in [-0.1, -0.05) is 47.5 Å². The summed E-state index contributed by atoms with van der Waals surface area (Å²) in [6.45, 7) is 3.85. The summed E-state index contributed by atoms with van der Waals surface area (Å²) >= 11 is 0. The SMILES string of the molecule is C.CCOC(=O)N=NC(=O)OCc1ccc(C)cc1. The lowest BCUT2D eigenvalue weighted by atomic mass is 10.2. The Morgan fingerprint density at radius 2 is 1.58 bits per heavy atom. The number of nitrogens with zero attached hydrogens (tertiary/aromatic N) is 2. The molecule has 0 aliphatic carbocycles. The van der Waals surface area contributed by atoms with E-state index in [1.165, 1.54) is 0 Å². The third-order valence-corrected chi connectivity index (χ3v) is 1.96. The fourth-order valence-corrected chi connectivity index (χ4v) is 1.09. The van der Waals surface area contributed by atoms with Gasteiger partial charge in [-0.15, -0.1) is 0 Å². The van der Waals surface area contributed by atoms with Crippen molar-refractivity contribution in [3.8, 4) is 0 Å². The lowest BCUT2D eigenvalue weighted by molar-refractivity contribution is 0.144. The second kappa shape index (κ2) is 8.79. The third-order valence-electron chi connectivity index (χ3n) is 1.96. The maximum atomic E-state index is 11.1. The molecule has 0 atom stereocenters. The molecular formula is C13H18N2O4. The van der Waals surface area contributed by atoms with Crippen LogP contribution in [0.15, 0.2) is 34.5 Å². The van der Waals surface area contributed by atoms with Crippen LogP contribution in [0.5, 0.6) is 0 Å². The van der Waals surface area contributed by atoms with Gasteiger partial charge in [0.25, 0.3) is 0 Å². The minimum atomic E-state index is -0.927. The van der Waals surface area contributed by atoms with E-state index in [0.29, 0.717) is 0 Å². The topological polar surface area (TPSA) is 77.3 Å². The van der Waals surface area contributed by atoms with Gasteiger partial charge in [-0.05, 0) is 19.4 Å². The molecule has 0 bridgehead atoms. The Hall–Kier alpha value is -2.24. The molecule has 1 rings (SSSR count). The van der Waals surface area contributed by atoms with Gasteiger partial charge < -0.3 is 9.47 Å².